The highest BCUT2D eigenvalue weighted by Crippen LogP contribution is 2.39. The lowest BCUT2D eigenvalue weighted by atomic mass is 10.1. The number of rotatable bonds is 12. The summed E-state index contributed by atoms with van der Waals surface area (Å²) in [4.78, 5) is 0. The van der Waals surface area contributed by atoms with Crippen LogP contribution in [0.3, 0.4) is 0 Å². The van der Waals surface area contributed by atoms with Crippen LogP contribution in [0.4, 0.5) is 0 Å². The van der Waals surface area contributed by atoms with Gasteiger partial charge in [0, 0.05) is 23.8 Å². The van der Waals surface area contributed by atoms with E-state index in [1.165, 1.54) is 0 Å². The molecular formula is C28H44N4O5Si. The van der Waals surface area contributed by atoms with Gasteiger partial charge in [0.25, 0.3) is 0 Å². The van der Waals surface area contributed by atoms with Crippen molar-refractivity contribution < 1.29 is 23.7 Å². The Morgan fingerprint density at radius 3 is 2.71 bits per heavy atom. The van der Waals surface area contributed by atoms with E-state index >= 15 is 0 Å². The zero-order valence-corrected chi connectivity index (χ0v) is 24.8. The van der Waals surface area contributed by atoms with Crippen LogP contribution in [0.1, 0.15) is 53.2 Å². The van der Waals surface area contributed by atoms with Crippen LogP contribution in [-0.2, 0) is 20.8 Å². The predicted octanol–water partition coefficient (Wildman–Crippen LogP) is 5.40. The molecule has 1 fully saturated rings. The second kappa shape index (κ2) is 12.3. The standard InChI is InChI=1S/C28H44N4O5Si/c1-21(35-16-15-34-14-12-33)19-31-20-22(18-29-31)27-24-17-23(37-38(5,6)28(2,3)4)10-11-25(24)32(30-27)26-9-7-8-13-36-26/h10-11,17-18,20-21,26,33H,7-9,12-16,19H2,1-6H3/t21-,26?/m1/s1. The quantitative estimate of drug-likeness (QED) is 0.241. The average molecular weight is 545 g/mol. The molecule has 3 aromatic rings. The molecule has 0 amide bonds. The van der Waals surface area contributed by atoms with E-state index in [1.807, 2.05) is 28.7 Å². The van der Waals surface area contributed by atoms with Gasteiger partial charge in [-0.15, -0.1) is 0 Å². The Morgan fingerprint density at radius 2 is 2.00 bits per heavy atom. The predicted molar refractivity (Wildman–Crippen MR) is 151 cm³/mol. The summed E-state index contributed by atoms with van der Waals surface area (Å²) in [5.74, 6) is 0.882. The molecule has 1 aromatic carbocycles. The zero-order chi connectivity index (χ0) is 27.3. The molecule has 1 N–H and O–H groups in total. The molecule has 1 saturated heterocycles. The van der Waals surface area contributed by atoms with E-state index in [0.29, 0.717) is 26.4 Å². The number of aromatic nitrogens is 4. The van der Waals surface area contributed by atoms with Crippen molar-refractivity contribution in [3.05, 3.63) is 30.6 Å². The van der Waals surface area contributed by atoms with Crippen molar-refractivity contribution in [2.45, 2.75) is 84.0 Å². The molecule has 0 spiro atoms. The lowest BCUT2D eigenvalue weighted by Crippen LogP contribution is -2.43. The molecule has 0 radical (unpaired) electrons. The number of benzene rings is 1. The Bertz CT molecular complexity index is 1180. The Balaban J connectivity index is 1.60. The number of aliphatic hydroxyl groups excluding tert-OH is 1. The van der Waals surface area contributed by atoms with Crippen LogP contribution in [0.25, 0.3) is 22.2 Å². The molecule has 0 aliphatic carbocycles. The van der Waals surface area contributed by atoms with E-state index in [2.05, 4.69) is 57.2 Å². The molecule has 3 heterocycles. The highest BCUT2D eigenvalue weighted by Gasteiger charge is 2.39. The SMILES string of the molecule is C[C@H](Cn1cc(-c2nn(C3CCCCO3)c3ccc(O[Si](C)(C)C(C)(C)C)cc23)cn1)OCCOCCO. The van der Waals surface area contributed by atoms with Crippen LogP contribution < -0.4 is 4.43 Å². The van der Waals surface area contributed by atoms with Crippen molar-refractivity contribution in [3.8, 4) is 17.0 Å². The summed E-state index contributed by atoms with van der Waals surface area (Å²) in [6, 6.07) is 6.32. The molecule has 1 aliphatic heterocycles. The first-order chi connectivity index (χ1) is 18.1. The summed E-state index contributed by atoms with van der Waals surface area (Å²) in [5, 5.41) is 19.6. The Kier molecular flexibility index (Phi) is 9.30. The van der Waals surface area contributed by atoms with Crippen LogP contribution >= 0.6 is 0 Å². The molecule has 10 heteroatoms. The van der Waals surface area contributed by atoms with Crippen LogP contribution in [0.15, 0.2) is 30.6 Å². The highest BCUT2D eigenvalue weighted by molar-refractivity contribution is 6.74. The van der Waals surface area contributed by atoms with E-state index in [-0.39, 0.29) is 24.0 Å². The molecule has 1 aliphatic rings. The normalized spacial score (nSPS) is 17.7. The third-order valence-corrected chi connectivity index (χ3v) is 11.9. The fraction of sp³-hybridized carbons (Fsp3) is 0.643. The fourth-order valence-corrected chi connectivity index (χ4v) is 5.38. The number of hydrogen-bond donors (Lipinski definition) is 1. The summed E-state index contributed by atoms with van der Waals surface area (Å²) >= 11 is 0. The topological polar surface area (TPSA) is 92.8 Å². The Hall–Kier alpha value is -2.24. The molecule has 9 nitrogen and oxygen atoms in total. The molecular weight excluding hydrogens is 500 g/mol. The van der Waals surface area contributed by atoms with Gasteiger partial charge in [0.1, 0.15) is 11.4 Å². The minimum absolute atomic E-state index is 0.0207. The molecule has 4 rings (SSSR count). The van der Waals surface area contributed by atoms with E-state index in [1.54, 1.807) is 0 Å². The van der Waals surface area contributed by atoms with Gasteiger partial charge in [0.2, 0.25) is 8.32 Å². The second-order valence-electron chi connectivity index (χ2n) is 11.6. The van der Waals surface area contributed by atoms with Crippen molar-refractivity contribution in [2.75, 3.05) is 33.0 Å². The third-order valence-electron chi connectivity index (χ3n) is 7.50. The summed E-state index contributed by atoms with van der Waals surface area (Å²) in [7, 11) is -1.99. The van der Waals surface area contributed by atoms with Crippen molar-refractivity contribution in [3.63, 3.8) is 0 Å². The number of hydrogen-bond acceptors (Lipinski definition) is 7. The molecule has 38 heavy (non-hydrogen) atoms. The smallest absolute Gasteiger partial charge is 0.250 e. The minimum atomic E-state index is -1.99. The van der Waals surface area contributed by atoms with Gasteiger partial charge in [0.15, 0.2) is 6.23 Å². The Morgan fingerprint density at radius 1 is 1.18 bits per heavy atom. The molecule has 0 saturated carbocycles. The fourth-order valence-electron chi connectivity index (χ4n) is 4.36. The van der Waals surface area contributed by atoms with Gasteiger partial charge in [-0.25, -0.2) is 4.68 Å². The van der Waals surface area contributed by atoms with Crippen molar-refractivity contribution in [1.82, 2.24) is 19.6 Å². The van der Waals surface area contributed by atoms with Gasteiger partial charge in [-0.3, -0.25) is 4.68 Å². The molecule has 0 bridgehead atoms. The van der Waals surface area contributed by atoms with Gasteiger partial charge in [-0.05, 0) is 62.5 Å². The van der Waals surface area contributed by atoms with Gasteiger partial charge in [-0.2, -0.15) is 10.2 Å². The first kappa shape index (κ1) is 28.8. The summed E-state index contributed by atoms with van der Waals surface area (Å²) in [5.41, 5.74) is 2.88. The van der Waals surface area contributed by atoms with Crippen LogP contribution in [-0.4, -0.2) is 72.1 Å². The maximum Gasteiger partial charge on any atom is 0.250 e. The molecule has 210 valence electrons. The lowest BCUT2D eigenvalue weighted by Gasteiger charge is -2.36. The number of fused-ring (bicyclic) bond motifs is 1. The van der Waals surface area contributed by atoms with Crippen molar-refractivity contribution >= 4 is 19.2 Å². The summed E-state index contributed by atoms with van der Waals surface area (Å²) in [6.45, 7) is 16.0. The van der Waals surface area contributed by atoms with Gasteiger partial charge in [-0.1, -0.05) is 20.8 Å². The lowest BCUT2D eigenvalue weighted by molar-refractivity contribution is -0.0365. The maximum absolute atomic E-state index is 8.81. The second-order valence-corrected chi connectivity index (χ2v) is 16.3. The highest BCUT2D eigenvalue weighted by atomic mass is 28.4. The molecule has 2 aromatic heterocycles. The maximum atomic E-state index is 8.81. The number of nitrogens with zero attached hydrogens (tertiary/aromatic N) is 4. The monoisotopic (exact) mass is 544 g/mol. The van der Waals surface area contributed by atoms with E-state index in [4.69, 9.17) is 28.8 Å². The van der Waals surface area contributed by atoms with Crippen LogP contribution in [0, 0.1) is 0 Å². The minimum Gasteiger partial charge on any atom is -0.543 e. The zero-order valence-electron chi connectivity index (χ0n) is 23.8. The number of aliphatic hydroxyl groups is 1. The van der Waals surface area contributed by atoms with Crippen molar-refractivity contribution in [1.29, 1.82) is 0 Å². The molecule has 2 atom stereocenters. The number of ether oxygens (including phenoxy) is 3. The van der Waals surface area contributed by atoms with Crippen LogP contribution in [0.5, 0.6) is 5.75 Å². The Labute approximate surface area is 227 Å². The third kappa shape index (κ3) is 6.84. The summed E-state index contributed by atoms with van der Waals surface area (Å²) < 4.78 is 27.8. The van der Waals surface area contributed by atoms with E-state index in [0.717, 1.165) is 53.8 Å². The van der Waals surface area contributed by atoms with Gasteiger partial charge >= 0.3 is 0 Å². The van der Waals surface area contributed by atoms with Gasteiger partial charge in [0.05, 0.1) is 50.8 Å². The van der Waals surface area contributed by atoms with E-state index < -0.39 is 8.32 Å². The first-order valence-corrected chi connectivity index (χ1v) is 16.7. The van der Waals surface area contributed by atoms with E-state index in [9.17, 15) is 0 Å². The van der Waals surface area contributed by atoms with Crippen molar-refractivity contribution in [2.24, 2.45) is 0 Å². The first-order valence-electron chi connectivity index (χ1n) is 13.7. The largest absolute Gasteiger partial charge is 0.543 e. The van der Waals surface area contributed by atoms with Gasteiger partial charge < -0.3 is 23.7 Å². The van der Waals surface area contributed by atoms with Crippen LogP contribution in [0.2, 0.25) is 18.1 Å². The summed E-state index contributed by atoms with van der Waals surface area (Å²) in [6.07, 6.45) is 6.97. The molecule has 1 unspecified atom stereocenters. The average Bonchev–Trinajstić information content (AvgIpc) is 3.48.